The highest BCUT2D eigenvalue weighted by atomic mass is 16.5. The summed E-state index contributed by atoms with van der Waals surface area (Å²) in [5, 5.41) is 0. The number of imide groups is 1. The molecule has 1 aliphatic carbocycles. The molecule has 26 heavy (non-hydrogen) atoms. The number of urea groups is 1. The molecule has 1 saturated heterocycles. The van der Waals surface area contributed by atoms with Crippen molar-refractivity contribution < 1.29 is 14.3 Å². The van der Waals surface area contributed by atoms with Gasteiger partial charge in [0.1, 0.15) is 11.3 Å². The Bertz CT molecular complexity index is 894. The Hall–Kier alpha value is -2.89. The Morgan fingerprint density at radius 3 is 2.62 bits per heavy atom. The second-order valence-corrected chi connectivity index (χ2v) is 7.08. The molecular formula is C20H21N3O3. The molecule has 0 bridgehead atoms. The summed E-state index contributed by atoms with van der Waals surface area (Å²) in [6.07, 6.45) is 2.81. The second kappa shape index (κ2) is 5.83. The fourth-order valence-corrected chi connectivity index (χ4v) is 3.91. The van der Waals surface area contributed by atoms with E-state index in [1.807, 2.05) is 37.4 Å². The minimum absolute atomic E-state index is 0.142. The van der Waals surface area contributed by atoms with E-state index in [9.17, 15) is 9.59 Å². The van der Waals surface area contributed by atoms with Gasteiger partial charge in [-0.15, -0.1) is 0 Å². The van der Waals surface area contributed by atoms with Gasteiger partial charge in [-0.3, -0.25) is 14.7 Å². The molecule has 1 unspecified atom stereocenters. The van der Waals surface area contributed by atoms with Crippen LogP contribution in [0, 0.1) is 6.92 Å². The maximum atomic E-state index is 13.2. The minimum atomic E-state index is -0.841. The van der Waals surface area contributed by atoms with Crippen LogP contribution in [0.1, 0.15) is 22.4 Å². The SMILES string of the molecule is COc1ccc(CN2C(=O)N(C)C3(Cc4cc(C)cnc4C3)C2=O)cc1. The molecular weight excluding hydrogens is 330 g/mol. The van der Waals surface area contributed by atoms with Gasteiger partial charge in [0.15, 0.2) is 0 Å². The van der Waals surface area contributed by atoms with E-state index in [4.69, 9.17) is 4.74 Å². The number of rotatable bonds is 3. The molecule has 6 heteroatoms. The summed E-state index contributed by atoms with van der Waals surface area (Å²) in [5.41, 5.74) is 3.09. The zero-order valence-corrected chi connectivity index (χ0v) is 15.2. The first-order chi connectivity index (χ1) is 12.4. The number of amides is 3. The van der Waals surface area contributed by atoms with Crippen molar-refractivity contribution in [2.24, 2.45) is 0 Å². The van der Waals surface area contributed by atoms with Gasteiger partial charge in [-0.2, -0.15) is 0 Å². The van der Waals surface area contributed by atoms with Gasteiger partial charge in [0.25, 0.3) is 5.91 Å². The monoisotopic (exact) mass is 351 g/mol. The van der Waals surface area contributed by atoms with Crippen LogP contribution in [-0.4, -0.2) is 46.4 Å². The van der Waals surface area contributed by atoms with Crippen molar-refractivity contribution in [1.29, 1.82) is 0 Å². The molecule has 134 valence electrons. The Labute approximate surface area is 152 Å². The third-order valence-electron chi connectivity index (χ3n) is 5.44. The minimum Gasteiger partial charge on any atom is -0.497 e. The number of aromatic nitrogens is 1. The van der Waals surface area contributed by atoms with E-state index >= 15 is 0 Å². The first-order valence-electron chi connectivity index (χ1n) is 8.62. The fraction of sp³-hybridized carbons (Fsp3) is 0.350. The summed E-state index contributed by atoms with van der Waals surface area (Å²) < 4.78 is 5.16. The molecule has 1 fully saturated rings. The number of aryl methyl sites for hydroxylation is 1. The molecule has 2 aliphatic rings. The Balaban J connectivity index is 1.61. The van der Waals surface area contributed by atoms with Crippen LogP contribution in [0.2, 0.25) is 0 Å². The molecule has 6 nitrogen and oxygen atoms in total. The molecule has 4 rings (SSSR count). The molecule has 1 atom stereocenters. The van der Waals surface area contributed by atoms with Crippen molar-refractivity contribution in [2.45, 2.75) is 31.8 Å². The van der Waals surface area contributed by atoms with E-state index in [0.717, 1.165) is 28.1 Å². The van der Waals surface area contributed by atoms with Gasteiger partial charge >= 0.3 is 6.03 Å². The summed E-state index contributed by atoms with van der Waals surface area (Å²) in [7, 11) is 3.32. The normalized spacial score (nSPS) is 21.7. The smallest absolute Gasteiger partial charge is 0.327 e. The molecule has 0 radical (unpaired) electrons. The van der Waals surface area contributed by atoms with Crippen LogP contribution < -0.4 is 4.74 Å². The molecule has 1 aromatic heterocycles. The summed E-state index contributed by atoms with van der Waals surface area (Å²) in [4.78, 5) is 33.5. The van der Waals surface area contributed by atoms with E-state index in [2.05, 4.69) is 11.1 Å². The van der Waals surface area contributed by atoms with E-state index < -0.39 is 5.54 Å². The van der Waals surface area contributed by atoms with E-state index in [1.165, 1.54) is 4.90 Å². The van der Waals surface area contributed by atoms with Crippen molar-refractivity contribution in [3.63, 3.8) is 0 Å². The molecule has 1 spiro atoms. The first kappa shape index (κ1) is 16.6. The largest absolute Gasteiger partial charge is 0.497 e. The van der Waals surface area contributed by atoms with Gasteiger partial charge in [-0.05, 0) is 35.7 Å². The highest BCUT2D eigenvalue weighted by Crippen LogP contribution is 2.39. The van der Waals surface area contributed by atoms with Gasteiger partial charge in [0.05, 0.1) is 13.7 Å². The van der Waals surface area contributed by atoms with Gasteiger partial charge in [0.2, 0.25) is 0 Å². The van der Waals surface area contributed by atoms with Crippen molar-refractivity contribution in [1.82, 2.24) is 14.8 Å². The lowest BCUT2D eigenvalue weighted by molar-refractivity contribution is -0.133. The molecule has 2 aromatic rings. The summed E-state index contributed by atoms with van der Waals surface area (Å²) in [6.45, 7) is 2.25. The molecule has 3 amide bonds. The summed E-state index contributed by atoms with van der Waals surface area (Å²) >= 11 is 0. The standard InChI is InChI=1S/C20H21N3O3/c1-13-8-15-9-20(10-17(15)21-11-13)18(24)23(19(25)22(20)2)12-14-4-6-16(26-3)7-5-14/h4-8,11H,9-10,12H2,1-3H3. The first-order valence-corrected chi connectivity index (χ1v) is 8.62. The number of fused-ring (bicyclic) bond motifs is 1. The molecule has 2 heterocycles. The van der Waals surface area contributed by atoms with Crippen molar-refractivity contribution in [3.8, 4) is 5.75 Å². The van der Waals surface area contributed by atoms with Crippen LogP contribution >= 0.6 is 0 Å². The topological polar surface area (TPSA) is 62.7 Å². The van der Waals surface area contributed by atoms with E-state index in [1.54, 1.807) is 19.1 Å². The van der Waals surface area contributed by atoms with Gasteiger partial charge < -0.3 is 9.64 Å². The number of hydrogen-bond donors (Lipinski definition) is 0. The zero-order valence-electron chi connectivity index (χ0n) is 15.2. The number of carbonyl (C=O) groups is 2. The van der Waals surface area contributed by atoms with Gasteiger partial charge in [-0.1, -0.05) is 18.2 Å². The molecule has 0 saturated carbocycles. The average Bonchev–Trinajstić information content (AvgIpc) is 3.10. The van der Waals surface area contributed by atoms with Crippen molar-refractivity contribution in [3.05, 3.63) is 58.9 Å². The summed E-state index contributed by atoms with van der Waals surface area (Å²) in [5.74, 6) is 0.602. The van der Waals surface area contributed by atoms with Crippen LogP contribution in [0.4, 0.5) is 4.79 Å². The Kier molecular flexibility index (Phi) is 3.72. The predicted molar refractivity (Wildman–Crippen MR) is 95.8 cm³/mol. The van der Waals surface area contributed by atoms with Crippen LogP contribution in [0.25, 0.3) is 0 Å². The molecule has 1 aromatic carbocycles. The number of likely N-dealkylation sites (N-methyl/N-ethyl adjacent to an activating group) is 1. The number of hydrogen-bond acceptors (Lipinski definition) is 4. The number of pyridine rings is 1. The zero-order chi connectivity index (χ0) is 18.5. The second-order valence-electron chi connectivity index (χ2n) is 7.08. The molecule has 0 N–H and O–H groups in total. The van der Waals surface area contributed by atoms with Gasteiger partial charge in [0, 0.05) is 31.8 Å². The Morgan fingerprint density at radius 2 is 1.92 bits per heavy atom. The lowest BCUT2D eigenvalue weighted by Gasteiger charge is -2.27. The number of carbonyl (C=O) groups excluding carboxylic acids is 2. The summed E-state index contributed by atoms with van der Waals surface area (Å²) in [6, 6.07) is 9.22. The maximum Gasteiger partial charge on any atom is 0.327 e. The van der Waals surface area contributed by atoms with Crippen molar-refractivity contribution >= 4 is 11.9 Å². The van der Waals surface area contributed by atoms with Crippen LogP contribution in [0.3, 0.4) is 0 Å². The molecule has 1 aliphatic heterocycles. The number of nitrogens with zero attached hydrogens (tertiary/aromatic N) is 3. The third-order valence-corrected chi connectivity index (χ3v) is 5.44. The number of benzene rings is 1. The van der Waals surface area contributed by atoms with E-state index in [-0.39, 0.29) is 18.5 Å². The highest BCUT2D eigenvalue weighted by Gasteiger charge is 2.58. The maximum absolute atomic E-state index is 13.2. The van der Waals surface area contributed by atoms with Crippen LogP contribution in [0.15, 0.2) is 36.5 Å². The lowest BCUT2D eigenvalue weighted by atomic mass is 9.94. The van der Waals surface area contributed by atoms with Gasteiger partial charge in [-0.25, -0.2) is 4.79 Å². The van der Waals surface area contributed by atoms with Crippen LogP contribution in [0.5, 0.6) is 5.75 Å². The van der Waals surface area contributed by atoms with Crippen LogP contribution in [-0.2, 0) is 24.2 Å². The lowest BCUT2D eigenvalue weighted by Crippen LogP contribution is -2.48. The van der Waals surface area contributed by atoms with Crippen molar-refractivity contribution in [2.75, 3.05) is 14.2 Å². The predicted octanol–water partition coefficient (Wildman–Crippen LogP) is 2.33. The number of ether oxygens (including phenoxy) is 1. The average molecular weight is 351 g/mol. The quantitative estimate of drug-likeness (QED) is 0.796. The number of methoxy groups -OCH3 is 1. The fourth-order valence-electron chi connectivity index (χ4n) is 3.91. The highest BCUT2D eigenvalue weighted by molar-refractivity contribution is 6.07. The third kappa shape index (κ3) is 2.36. The van der Waals surface area contributed by atoms with E-state index in [0.29, 0.717) is 12.8 Å². The Morgan fingerprint density at radius 1 is 1.19 bits per heavy atom.